The van der Waals surface area contributed by atoms with E-state index in [1.807, 2.05) is 13.1 Å². The van der Waals surface area contributed by atoms with Gasteiger partial charge >= 0.3 is 0 Å². The van der Waals surface area contributed by atoms with Gasteiger partial charge in [0.1, 0.15) is 11.6 Å². The number of pyridine rings is 1. The molecule has 0 spiro atoms. The average molecular weight is 263 g/mol. The van der Waals surface area contributed by atoms with Gasteiger partial charge in [0.25, 0.3) is 5.91 Å². The van der Waals surface area contributed by atoms with Gasteiger partial charge in [-0.25, -0.2) is 9.37 Å². The number of nitrogen functional groups attached to an aromatic ring is 1. The first kappa shape index (κ1) is 13.0. The van der Waals surface area contributed by atoms with E-state index in [1.165, 1.54) is 0 Å². The molecule has 2 rings (SSSR count). The molecule has 0 unspecified atom stereocenters. The van der Waals surface area contributed by atoms with Gasteiger partial charge in [-0.1, -0.05) is 0 Å². The molecule has 2 aromatic rings. The number of nitrogens with two attached hydrogens (primary N) is 1. The second-order valence-electron chi connectivity index (χ2n) is 4.18. The molecular weight excluding hydrogens is 249 g/mol. The largest absolute Gasteiger partial charge is 0.383 e. The molecule has 1 amide bonds. The van der Waals surface area contributed by atoms with Crippen LogP contribution < -0.4 is 11.1 Å². The van der Waals surface area contributed by atoms with Gasteiger partial charge < -0.3 is 11.1 Å². The summed E-state index contributed by atoms with van der Waals surface area (Å²) >= 11 is 0. The van der Waals surface area contributed by atoms with E-state index < -0.39 is 11.7 Å². The van der Waals surface area contributed by atoms with Crippen molar-refractivity contribution in [2.24, 2.45) is 7.05 Å². The Morgan fingerprint density at radius 2 is 2.32 bits per heavy atom. The van der Waals surface area contributed by atoms with Crippen molar-refractivity contribution in [2.45, 2.75) is 13.5 Å². The SMILES string of the molecule is Cc1nn(C)cc1CNC(=O)c1cc(F)cnc1N. The highest BCUT2D eigenvalue weighted by atomic mass is 19.1. The molecule has 2 aromatic heterocycles. The summed E-state index contributed by atoms with van der Waals surface area (Å²) in [6.07, 6.45) is 2.78. The topological polar surface area (TPSA) is 85.8 Å². The molecule has 0 aliphatic heterocycles. The third-order valence-electron chi connectivity index (χ3n) is 2.68. The molecule has 0 saturated heterocycles. The number of hydrogen-bond acceptors (Lipinski definition) is 4. The van der Waals surface area contributed by atoms with Gasteiger partial charge in [-0.3, -0.25) is 9.48 Å². The van der Waals surface area contributed by atoms with Crippen molar-refractivity contribution in [3.8, 4) is 0 Å². The zero-order valence-electron chi connectivity index (χ0n) is 10.6. The van der Waals surface area contributed by atoms with E-state index in [4.69, 9.17) is 5.73 Å². The summed E-state index contributed by atoms with van der Waals surface area (Å²) in [5.41, 5.74) is 7.28. The van der Waals surface area contributed by atoms with Gasteiger partial charge in [-0.15, -0.1) is 0 Å². The second kappa shape index (κ2) is 5.05. The van der Waals surface area contributed by atoms with E-state index >= 15 is 0 Å². The quantitative estimate of drug-likeness (QED) is 0.856. The number of nitrogens with zero attached hydrogens (tertiary/aromatic N) is 3. The first-order chi connectivity index (χ1) is 8.97. The monoisotopic (exact) mass is 263 g/mol. The number of amides is 1. The maximum atomic E-state index is 13.0. The van der Waals surface area contributed by atoms with Gasteiger partial charge in [0.05, 0.1) is 17.5 Å². The lowest BCUT2D eigenvalue weighted by Gasteiger charge is -2.06. The molecule has 0 aliphatic carbocycles. The van der Waals surface area contributed by atoms with Gasteiger partial charge in [0.15, 0.2) is 0 Å². The van der Waals surface area contributed by atoms with E-state index in [2.05, 4.69) is 15.4 Å². The highest BCUT2D eigenvalue weighted by Crippen LogP contribution is 2.10. The van der Waals surface area contributed by atoms with Crippen molar-refractivity contribution < 1.29 is 9.18 Å². The summed E-state index contributed by atoms with van der Waals surface area (Å²) < 4.78 is 14.7. The van der Waals surface area contributed by atoms with Crippen LogP contribution in [0, 0.1) is 12.7 Å². The smallest absolute Gasteiger partial charge is 0.255 e. The molecule has 7 heteroatoms. The van der Waals surface area contributed by atoms with Gasteiger partial charge in [0.2, 0.25) is 0 Å². The third kappa shape index (κ3) is 2.87. The number of hydrogen-bond donors (Lipinski definition) is 2. The van der Waals surface area contributed by atoms with Crippen molar-refractivity contribution in [1.82, 2.24) is 20.1 Å². The highest BCUT2D eigenvalue weighted by molar-refractivity contribution is 5.98. The standard InChI is InChI=1S/C12H14FN5O/c1-7-8(6-18(2)17-7)4-16-12(19)10-3-9(13)5-15-11(10)14/h3,5-6H,4H2,1-2H3,(H2,14,15)(H,16,19). The van der Waals surface area contributed by atoms with Crippen LogP contribution in [0.4, 0.5) is 10.2 Å². The molecule has 100 valence electrons. The third-order valence-corrected chi connectivity index (χ3v) is 2.68. The summed E-state index contributed by atoms with van der Waals surface area (Å²) in [5.74, 6) is -1.06. The predicted octanol–water partition coefficient (Wildman–Crippen LogP) is 0.775. The number of aryl methyl sites for hydroxylation is 2. The van der Waals surface area contributed by atoms with Crippen molar-refractivity contribution in [3.05, 3.63) is 41.1 Å². The van der Waals surface area contributed by atoms with Gasteiger partial charge in [0, 0.05) is 25.4 Å². The van der Waals surface area contributed by atoms with Gasteiger partial charge in [-0.2, -0.15) is 5.10 Å². The van der Waals surface area contributed by atoms with Crippen LogP contribution in [-0.4, -0.2) is 20.7 Å². The number of halogens is 1. The van der Waals surface area contributed by atoms with Crippen molar-refractivity contribution >= 4 is 11.7 Å². The first-order valence-corrected chi connectivity index (χ1v) is 5.65. The summed E-state index contributed by atoms with van der Waals surface area (Å²) in [5, 5.41) is 6.82. The predicted molar refractivity (Wildman–Crippen MR) is 67.7 cm³/mol. The molecule has 0 bridgehead atoms. The fraction of sp³-hybridized carbons (Fsp3) is 0.250. The Bertz CT molecular complexity index is 623. The van der Waals surface area contributed by atoms with E-state index in [-0.39, 0.29) is 11.4 Å². The molecule has 0 atom stereocenters. The number of rotatable bonds is 3. The minimum absolute atomic E-state index is 0.00167. The minimum Gasteiger partial charge on any atom is -0.383 e. The Kier molecular flexibility index (Phi) is 3.46. The second-order valence-corrected chi connectivity index (χ2v) is 4.18. The fourth-order valence-electron chi connectivity index (χ4n) is 1.72. The van der Waals surface area contributed by atoms with E-state index in [9.17, 15) is 9.18 Å². The molecule has 0 aromatic carbocycles. The summed E-state index contributed by atoms with van der Waals surface area (Å²) in [7, 11) is 1.80. The van der Waals surface area contributed by atoms with Crippen LogP contribution >= 0.6 is 0 Å². The van der Waals surface area contributed by atoms with Crippen LogP contribution in [-0.2, 0) is 13.6 Å². The number of carbonyl (C=O) groups excluding carboxylic acids is 1. The van der Waals surface area contributed by atoms with Crippen LogP contribution in [0.1, 0.15) is 21.6 Å². The van der Waals surface area contributed by atoms with Crippen molar-refractivity contribution in [1.29, 1.82) is 0 Å². The Morgan fingerprint density at radius 3 is 2.95 bits per heavy atom. The first-order valence-electron chi connectivity index (χ1n) is 5.65. The van der Waals surface area contributed by atoms with Crippen LogP contribution in [0.3, 0.4) is 0 Å². The van der Waals surface area contributed by atoms with E-state index in [1.54, 1.807) is 11.7 Å². The van der Waals surface area contributed by atoms with Gasteiger partial charge in [-0.05, 0) is 13.0 Å². The minimum atomic E-state index is -0.600. The maximum Gasteiger partial charge on any atom is 0.255 e. The lowest BCUT2D eigenvalue weighted by atomic mass is 10.2. The van der Waals surface area contributed by atoms with Crippen molar-refractivity contribution in [2.75, 3.05) is 5.73 Å². The Balaban J connectivity index is 2.09. The Morgan fingerprint density at radius 1 is 1.58 bits per heavy atom. The normalized spacial score (nSPS) is 10.5. The summed E-state index contributed by atoms with van der Waals surface area (Å²) in [6, 6.07) is 1.06. The summed E-state index contributed by atoms with van der Waals surface area (Å²) in [4.78, 5) is 15.5. The zero-order chi connectivity index (χ0) is 14.0. The van der Waals surface area contributed by atoms with E-state index in [0.29, 0.717) is 6.54 Å². The van der Waals surface area contributed by atoms with E-state index in [0.717, 1.165) is 23.5 Å². The number of carbonyl (C=O) groups is 1. The Hall–Kier alpha value is -2.44. The highest BCUT2D eigenvalue weighted by Gasteiger charge is 2.12. The van der Waals surface area contributed by atoms with Crippen LogP contribution in [0.5, 0.6) is 0 Å². The molecule has 6 nitrogen and oxygen atoms in total. The zero-order valence-corrected chi connectivity index (χ0v) is 10.6. The number of nitrogens with one attached hydrogen (secondary N) is 1. The van der Waals surface area contributed by atoms with Crippen LogP contribution in [0.25, 0.3) is 0 Å². The lowest BCUT2D eigenvalue weighted by Crippen LogP contribution is -2.24. The van der Waals surface area contributed by atoms with Crippen LogP contribution in [0.2, 0.25) is 0 Å². The molecule has 19 heavy (non-hydrogen) atoms. The number of anilines is 1. The molecule has 3 N–H and O–H groups in total. The molecule has 0 saturated carbocycles. The fourth-order valence-corrected chi connectivity index (χ4v) is 1.72. The molecule has 0 fully saturated rings. The van der Waals surface area contributed by atoms with Crippen LogP contribution in [0.15, 0.2) is 18.5 Å². The maximum absolute atomic E-state index is 13.0. The van der Waals surface area contributed by atoms with Crippen molar-refractivity contribution in [3.63, 3.8) is 0 Å². The molecule has 0 aliphatic rings. The molecular formula is C12H14FN5O. The number of aromatic nitrogens is 3. The summed E-state index contributed by atoms with van der Waals surface area (Å²) in [6.45, 7) is 2.15. The molecule has 2 heterocycles. The lowest BCUT2D eigenvalue weighted by molar-refractivity contribution is 0.0951. The average Bonchev–Trinajstić information content (AvgIpc) is 2.68. The Labute approximate surface area is 109 Å². The molecule has 0 radical (unpaired) electrons.